The molecule has 2 amide bonds. The van der Waals surface area contributed by atoms with Crippen molar-refractivity contribution >= 4 is 55.7 Å². The molecule has 0 aromatic heterocycles. The van der Waals surface area contributed by atoms with E-state index in [4.69, 9.17) is 9.47 Å². The first-order valence-corrected chi connectivity index (χ1v) is 13.0. The first kappa shape index (κ1) is 24.2. The number of fused-ring (bicyclic) bond motifs is 1. The van der Waals surface area contributed by atoms with Crippen LogP contribution in [0.1, 0.15) is 11.1 Å². The fourth-order valence-electron chi connectivity index (χ4n) is 3.90. The Morgan fingerprint density at radius 2 is 1.61 bits per heavy atom. The Labute approximate surface area is 221 Å². The van der Waals surface area contributed by atoms with E-state index in [1.165, 1.54) is 4.90 Å². The predicted octanol–water partition coefficient (Wildman–Crippen LogP) is 7.30. The van der Waals surface area contributed by atoms with Crippen LogP contribution in [0.2, 0.25) is 0 Å². The zero-order valence-corrected chi connectivity index (χ0v) is 21.6. The first-order valence-electron chi connectivity index (χ1n) is 11.4. The van der Waals surface area contributed by atoms with Gasteiger partial charge in [0.25, 0.3) is 11.1 Å². The molecule has 1 saturated heterocycles. The van der Waals surface area contributed by atoms with E-state index >= 15 is 0 Å². The third-order valence-corrected chi connectivity index (χ3v) is 7.09. The summed E-state index contributed by atoms with van der Waals surface area (Å²) >= 11 is 4.41. The Morgan fingerprint density at radius 3 is 2.47 bits per heavy atom. The van der Waals surface area contributed by atoms with Crippen molar-refractivity contribution in [3.8, 4) is 11.5 Å². The van der Waals surface area contributed by atoms with Crippen molar-refractivity contribution < 1.29 is 19.1 Å². The largest absolute Gasteiger partial charge is 0.491 e. The van der Waals surface area contributed by atoms with Crippen molar-refractivity contribution in [2.24, 2.45) is 0 Å². The molecule has 5 rings (SSSR count). The molecular weight excluding hydrogens is 538 g/mol. The van der Waals surface area contributed by atoms with E-state index in [9.17, 15) is 9.59 Å². The van der Waals surface area contributed by atoms with E-state index in [1.54, 1.807) is 6.08 Å². The van der Waals surface area contributed by atoms with Gasteiger partial charge in [0.15, 0.2) is 0 Å². The molecule has 0 N–H and O–H groups in total. The molecule has 1 aliphatic rings. The van der Waals surface area contributed by atoms with E-state index < -0.39 is 0 Å². The van der Waals surface area contributed by atoms with E-state index in [0.717, 1.165) is 43.9 Å². The molecule has 7 heteroatoms. The highest BCUT2D eigenvalue weighted by atomic mass is 79.9. The molecule has 0 atom stereocenters. The van der Waals surface area contributed by atoms with E-state index in [0.29, 0.717) is 17.3 Å². The van der Waals surface area contributed by atoms with Gasteiger partial charge in [0.1, 0.15) is 24.7 Å². The SMILES string of the molecule is O=C1S/C(=C\c2cc(Br)ccc2OCc2ccccc2)C(=O)N1CCOc1cccc2ccccc12. The minimum absolute atomic E-state index is 0.168. The maximum Gasteiger partial charge on any atom is 0.293 e. The molecule has 0 aliphatic carbocycles. The first-order chi connectivity index (χ1) is 17.6. The number of carbonyl (C=O) groups is 2. The summed E-state index contributed by atoms with van der Waals surface area (Å²) in [4.78, 5) is 27.3. The van der Waals surface area contributed by atoms with Gasteiger partial charge in [-0.25, -0.2) is 0 Å². The summed E-state index contributed by atoms with van der Waals surface area (Å²) in [6, 6.07) is 29.2. The molecule has 0 radical (unpaired) electrons. The maximum absolute atomic E-state index is 13.1. The molecule has 4 aromatic carbocycles. The molecule has 180 valence electrons. The van der Waals surface area contributed by atoms with E-state index in [1.807, 2.05) is 91.0 Å². The molecule has 1 fully saturated rings. The third kappa shape index (κ3) is 5.48. The molecule has 36 heavy (non-hydrogen) atoms. The van der Waals surface area contributed by atoms with Crippen LogP contribution in [0.3, 0.4) is 0 Å². The number of ether oxygens (including phenoxy) is 2. The molecule has 0 saturated carbocycles. The number of benzene rings is 4. The lowest BCUT2D eigenvalue weighted by molar-refractivity contribution is -0.123. The topological polar surface area (TPSA) is 55.8 Å². The van der Waals surface area contributed by atoms with Gasteiger partial charge in [-0.1, -0.05) is 82.7 Å². The highest BCUT2D eigenvalue weighted by molar-refractivity contribution is 9.10. The number of thioether (sulfide) groups is 1. The highest BCUT2D eigenvalue weighted by Gasteiger charge is 2.35. The summed E-state index contributed by atoms with van der Waals surface area (Å²) in [5.41, 5.74) is 1.76. The van der Waals surface area contributed by atoms with Crippen LogP contribution in [0.5, 0.6) is 11.5 Å². The van der Waals surface area contributed by atoms with Gasteiger partial charge < -0.3 is 9.47 Å². The summed E-state index contributed by atoms with van der Waals surface area (Å²) in [5, 5.41) is 1.75. The average Bonchev–Trinajstić information content (AvgIpc) is 3.16. The van der Waals surface area contributed by atoms with Crippen LogP contribution < -0.4 is 9.47 Å². The normalized spacial score (nSPS) is 14.6. The van der Waals surface area contributed by atoms with Gasteiger partial charge in [-0.2, -0.15) is 0 Å². The molecule has 4 aromatic rings. The van der Waals surface area contributed by atoms with Crippen LogP contribution in [0.4, 0.5) is 4.79 Å². The van der Waals surface area contributed by atoms with Crippen molar-refractivity contribution in [1.29, 1.82) is 0 Å². The van der Waals surface area contributed by atoms with Crippen molar-refractivity contribution in [2.45, 2.75) is 6.61 Å². The number of hydrogen-bond acceptors (Lipinski definition) is 5. The van der Waals surface area contributed by atoms with Crippen molar-refractivity contribution in [1.82, 2.24) is 4.90 Å². The number of halogens is 1. The summed E-state index contributed by atoms with van der Waals surface area (Å²) in [5.74, 6) is 1.03. The zero-order valence-electron chi connectivity index (χ0n) is 19.2. The molecule has 0 unspecified atom stereocenters. The molecule has 5 nitrogen and oxygen atoms in total. The summed E-state index contributed by atoms with van der Waals surface area (Å²) in [6.45, 7) is 0.777. The Morgan fingerprint density at radius 1 is 0.833 bits per heavy atom. The van der Waals surface area contributed by atoms with Gasteiger partial charge in [0.2, 0.25) is 0 Å². The van der Waals surface area contributed by atoms with Gasteiger partial charge in [0, 0.05) is 15.4 Å². The lowest BCUT2D eigenvalue weighted by Crippen LogP contribution is -2.32. The maximum atomic E-state index is 13.1. The van der Waals surface area contributed by atoms with Crippen LogP contribution >= 0.6 is 27.7 Å². The number of rotatable bonds is 8. The smallest absolute Gasteiger partial charge is 0.293 e. The fraction of sp³-hybridized carbons (Fsp3) is 0.103. The van der Waals surface area contributed by atoms with Crippen LogP contribution in [0.15, 0.2) is 100 Å². The third-order valence-electron chi connectivity index (χ3n) is 5.69. The fourth-order valence-corrected chi connectivity index (χ4v) is 5.14. The zero-order chi connectivity index (χ0) is 24.9. The van der Waals surface area contributed by atoms with Crippen molar-refractivity contribution in [3.63, 3.8) is 0 Å². The molecular formula is C29H22BrNO4S. The predicted molar refractivity (Wildman–Crippen MR) is 147 cm³/mol. The second-order valence-corrected chi connectivity index (χ2v) is 10.0. The van der Waals surface area contributed by atoms with Crippen molar-refractivity contribution in [3.05, 3.63) is 112 Å². The van der Waals surface area contributed by atoms with Crippen LogP contribution in [0, 0.1) is 0 Å². The van der Waals surface area contributed by atoms with Gasteiger partial charge in [-0.3, -0.25) is 14.5 Å². The molecule has 0 spiro atoms. The molecule has 1 aliphatic heterocycles. The van der Waals surface area contributed by atoms with Crippen molar-refractivity contribution in [2.75, 3.05) is 13.2 Å². The summed E-state index contributed by atoms with van der Waals surface area (Å²) in [7, 11) is 0. The van der Waals surface area contributed by atoms with Gasteiger partial charge >= 0.3 is 0 Å². The summed E-state index contributed by atoms with van der Waals surface area (Å²) in [6.07, 6.45) is 1.71. The highest BCUT2D eigenvalue weighted by Crippen LogP contribution is 2.35. The number of carbonyl (C=O) groups excluding carboxylic acids is 2. The Bertz CT molecular complexity index is 1450. The van der Waals surface area contributed by atoms with E-state index in [-0.39, 0.29) is 24.3 Å². The number of hydrogen-bond donors (Lipinski definition) is 0. The number of amides is 2. The Kier molecular flexibility index (Phi) is 7.39. The van der Waals surface area contributed by atoms with Gasteiger partial charge in [0.05, 0.1) is 11.4 Å². The lowest BCUT2D eigenvalue weighted by Gasteiger charge is -2.14. The molecule has 1 heterocycles. The lowest BCUT2D eigenvalue weighted by atomic mass is 10.1. The standard InChI is InChI=1S/C29H22BrNO4S/c30-23-13-14-25(35-19-20-7-2-1-3-8-20)22(17-23)18-27-28(32)31(29(33)36-27)15-16-34-26-12-6-10-21-9-4-5-11-24(21)26/h1-14,17-18H,15-16,19H2/b27-18-. The second-order valence-electron chi connectivity index (χ2n) is 8.12. The van der Waals surface area contributed by atoms with Crippen LogP contribution in [-0.4, -0.2) is 29.2 Å². The minimum Gasteiger partial charge on any atom is -0.491 e. The number of imide groups is 1. The second kappa shape index (κ2) is 11.0. The Balaban J connectivity index is 1.28. The monoisotopic (exact) mass is 559 g/mol. The summed E-state index contributed by atoms with van der Waals surface area (Å²) < 4.78 is 12.8. The average molecular weight is 560 g/mol. The quantitative estimate of drug-likeness (QED) is 0.212. The molecule has 0 bridgehead atoms. The van der Waals surface area contributed by atoms with Crippen LogP contribution in [-0.2, 0) is 11.4 Å². The van der Waals surface area contributed by atoms with E-state index in [2.05, 4.69) is 15.9 Å². The minimum atomic E-state index is -0.333. The number of nitrogens with zero attached hydrogens (tertiary/aromatic N) is 1. The van der Waals surface area contributed by atoms with Gasteiger partial charge in [-0.15, -0.1) is 0 Å². The Hall–Kier alpha value is -3.55. The van der Waals surface area contributed by atoms with Crippen LogP contribution in [0.25, 0.3) is 16.8 Å². The van der Waals surface area contributed by atoms with Gasteiger partial charge in [-0.05, 0) is 53.1 Å².